The van der Waals surface area contributed by atoms with Gasteiger partial charge >= 0.3 is 0 Å². The Bertz CT molecular complexity index is 668. The molecule has 0 spiro atoms. The van der Waals surface area contributed by atoms with Gasteiger partial charge in [0.15, 0.2) is 17.3 Å². The lowest BCUT2D eigenvalue weighted by Crippen LogP contribution is -2.38. The third kappa shape index (κ3) is 2.31. The van der Waals surface area contributed by atoms with Crippen molar-refractivity contribution in [1.82, 2.24) is 19.7 Å². The number of aromatic nitrogens is 3. The molecular formula is C14H16N4O3. The fourth-order valence-corrected chi connectivity index (χ4v) is 2.47. The highest BCUT2D eigenvalue weighted by Gasteiger charge is 2.26. The quantitative estimate of drug-likeness (QED) is 0.841. The minimum atomic E-state index is -0.0972. The number of carbonyl (C=O) groups is 1. The van der Waals surface area contributed by atoms with Gasteiger partial charge in [-0.1, -0.05) is 6.07 Å². The van der Waals surface area contributed by atoms with Crippen LogP contribution in [-0.2, 0) is 13.1 Å². The molecule has 0 atom stereocenters. The van der Waals surface area contributed by atoms with Crippen molar-refractivity contribution in [3.05, 3.63) is 35.9 Å². The molecule has 0 N–H and O–H groups in total. The second kappa shape index (κ2) is 5.43. The first-order valence-corrected chi connectivity index (χ1v) is 6.61. The summed E-state index contributed by atoms with van der Waals surface area (Å²) in [6.07, 6.45) is 1.68. The molecular weight excluding hydrogens is 272 g/mol. The lowest BCUT2D eigenvalue weighted by Gasteiger charge is -2.27. The molecule has 0 saturated carbocycles. The molecule has 21 heavy (non-hydrogen) atoms. The molecule has 0 unspecified atom stereocenters. The topological polar surface area (TPSA) is 69.5 Å². The van der Waals surface area contributed by atoms with Crippen molar-refractivity contribution >= 4 is 5.91 Å². The number of ether oxygens (including phenoxy) is 2. The van der Waals surface area contributed by atoms with Crippen LogP contribution in [0.5, 0.6) is 11.5 Å². The predicted molar refractivity (Wildman–Crippen MR) is 74.3 cm³/mol. The van der Waals surface area contributed by atoms with E-state index in [0.717, 1.165) is 5.82 Å². The second-order valence-electron chi connectivity index (χ2n) is 4.71. The molecule has 1 aliphatic rings. The third-order valence-corrected chi connectivity index (χ3v) is 3.56. The van der Waals surface area contributed by atoms with Gasteiger partial charge in [0.25, 0.3) is 5.91 Å². The predicted octanol–water partition coefficient (Wildman–Crippen LogP) is 0.951. The zero-order valence-corrected chi connectivity index (χ0v) is 11.9. The van der Waals surface area contributed by atoms with Gasteiger partial charge < -0.3 is 18.9 Å². The Morgan fingerprint density at radius 2 is 2.10 bits per heavy atom. The molecule has 2 heterocycles. The van der Waals surface area contributed by atoms with Crippen LogP contribution in [-0.4, -0.2) is 46.3 Å². The lowest BCUT2D eigenvalue weighted by molar-refractivity contribution is 0.0703. The number of nitrogens with zero attached hydrogens (tertiary/aromatic N) is 4. The van der Waals surface area contributed by atoms with Crippen LogP contribution in [0.3, 0.4) is 0 Å². The average molecular weight is 288 g/mol. The number of para-hydroxylation sites is 1. The molecule has 0 saturated heterocycles. The fraction of sp³-hybridized carbons (Fsp3) is 0.357. The van der Waals surface area contributed by atoms with Gasteiger partial charge in [0.2, 0.25) is 0 Å². The van der Waals surface area contributed by atoms with Crippen LogP contribution >= 0.6 is 0 Å². The Labute approximate surface area is 122 Å². The molecule has 7 nitrogen and oxygen atoms in total. The van der Waals surface area contributed by atoms with E-state index in [0.29, 0.717) is 36.7 Å². The summed E-state index contributed by atoms with van der Waals surface area (Å²) in [6.45, 7) is 1.75. The molecule has 110 valence electrons. The fourth-order valence-electron chi connectivity index (χ4n) is 2.47. The van der Waals surface area contributed by atoms with Gasteiger partial charge in [-0.3, -0.25) is 4.79 Å². The summed E-state index contributed by atoms with van der Waals surface area (Å²) in [4.78, 5) is 14.4. The van der Waals surface area contributed by atoms with E-state index in [1.807, 2.05) is 4.57 Å². The van der Waals surface area contributed by atoms with Crippen LogP contribution in [0.25, 0.3) is 0 Å². The van der Waals surface area contributed by atoms with Gasteiger partial charge in [0.1, 0.15) is 6.33 Å². The van der Waals surface area contributed by atoms with Crippen molar-refractivity contribution in [2.75, 3.05) is 20.8 Å². The SMILES string of the molecule is COc1cccc(C(=O)N2CCn3cnnc3C2)c1OC. The van der Waals surface area contributed by atoms with Crippen LogP contribution in [0, 0.1) is 0 Å². The molecule has 0 aliphatic carbocycles. The molecule has 7 heteroatoms. The van der Waals surface area contributed by atoms with E-state index in [1.54, 1.807) is 36.5 Å². The minimum absolute atomic E-state index is 0.0972. The van der Waals surface area contributed by atoms with E-state index >= 15 is 0 Å². The van der Waals surface area contributed by atoms with Crippen molar-refractivity contribution in [3.8, 4) is 11.5 Å². The van der Waals surface area contributed by atoms with E-state index in [4.69, 9.17) is 9.47 Å². The Hall–Kier alpha value is -2.57. The molecule has 0 bridgehead atoms. The highest BCUT2D eigenvalue weighted by molar-refractivity contribution is 5.97. The number of hydrogen-bond donors (Lipinski definition) is 0. The van der Waals surface area contributed by atoms with Gasteiger partial charge in [-0.25, -0.2) is 0 Å². The zero-order chi connectivity index (χ0) is 14.8. The van der Waals surface area contributed by atoms with Crippen LogP contribution in [0.2, 0.25) is 0 Å². The lowest BCUT2D eigenvalue weighted by atomic mass is 10.1. The zero-order valence-electron chi connectivity index (χ0n) is 11.9. The van der Waals surface area contributed by atoms with Crippen molar-refractivity contribution < 1.29 is 14.3 Å². The summed E-state index contributed by atoms with van der Waals surface area (Å²) in [6, 6.07) is 5.28. The monoisotopic (exact) mass is 288 g/mol. The summed E-state index contributed by atoms with van der Waals surface area (Å²) in [7, 11) is 3.08. The van der Waals surface area contributed by atoms with Crippen LogP contribution in [0.4, 0.5) is 0 Å². The van der Waals surface area contributed by atoms with Gasteiger partial charge in [0.05, 0.1) is 26.3 Å². The van der Waals surface area contributed by atoms with E-state index in [1.165, 1.54) is 7.11 Å². The van der Waals surface area contributed by atoms with E-state index in [9.17, 15) is 4.79 Å². The number of rotatable bonds is 3. The van der Waals surface area contributed by atoms with Crippen molar-refractivity contribution in [3.63, 3.8) is 0 Å². The first-order valence-electron chi connectivity index (χ1n) is 6.61. The molecule has 2 aromatic rings. The number of carbonyl (C=O) groups excluding carboxylic acids is 1. The standard InChI is InChI=1S/C14H16N4O3/c1-20-11-5-3-4-10(13(11)21-2)14(19)17-6-7-18-9-15-16-12(18)8-17/h3-5,9H,6-8H2,1-2H3. The molecule has 0 fully saturated rings. The molecule has 1 aromatic carbocycles. The molecule has 1 aliphatic heterocycles. The van der Waals surface area contributed by atoms with E-state index < -0.39 is 0 Å². The van der Waals surface area contributed by atoms with Crippen molar-refractivity contribution in [1.29, 1.82) is 0 Å². The van der Waals surface area contributed by atoms with Crippen LogP contribution in [0.15, 0.2) is 24.5 Å². The maximum absolute atomic E-state index is 12.7. The summed E-state index contributed by atoms with van der Waals surface area (Å²) in [5.41, 5.74) is 0.491. The Morgan fingerprint density at radius 1 is 1.24 bits per heavy atom. The number of methoxy groups -OCH3 is 2. The summed E-state index contributed by atoms with van der Waals surface area (Å²) in [5, 5.41) is 7.88. The maximum atomic E-state index is 12.7. The maximum Gasteiger partial charge on any atom is 0.258 e. The smallest absolute Gasteiger partial charge is 0.258 e. The first kappa shape index (κ1) is 13.4. The highest BCUT2D eigenvalue weighted by Crippen LogP contribution is 2.32. The highest BCUT2D eigenvalue weighted by atomic mass is 16.5. The Balaban J connectivity index is 1.90. The van der Waals surface area contributed by atoms with Gasteiger partial charge in [-0.05, 0) is 12.1 Å². The molecule has 0 radical (unpaired) electrons. The Kier molecular flexibility index (Phi) is 3.47. The number of hydrogen-bond acceptors (Lipinski definition) is 5. The van der Waals surface area contributed by atoms with Gasteiger partial charge in [-0.2, -0.15) is 0 Å². The normalized spacial score (nSPS) is 13.7. The van der Waals surface area contributed by atoms with E-state index in [-0.39, 0.29) is 5.91 Å². The minimum Gasteiger partial charge on any atom is -0.493 e. The van der Waals surface area contributed by atoms with Crippen molar-refractivity contribution in [2.45, 2.75) is 13.1 Å². The van der Waals surface area contributed by atoms with Crippen LogP contribution in [0.1, 0.15) is 16.2 Å². The van der Waals surface area contributed by atoms with E-state index in [2.05, 4.69) is 10.2 Å². The third-order valence-electron chi connectivity index (χ3n) is 3.56. The van der Waals surface area contributed by atoms with Crippen LogP contribution < -0.4 is 9.47 Å². The molecule has 3 rings (SSSR count). The largest absolute Gasteiger partial charge is 0.493 e. The number of amides is 1. The van der Waals surface area contributed by atoms with Crippen molar-refractivity contribution in [2.24, 2.45) is 0 Å². The second-order valence-corrected chi connectivity index (χ2v) is 4.71. The summed E-state index contributed by atoms with van der Waals surface area (Å²) < 4.78 is 12.5. The average Bonchev–Trinajstić information content (AvgIpc) is 3.00. The van der Waals surface area contributed by atoms with Gasteiger partial charge in [-0.15, -0.1) is 10.2 Å². The van der Waals surface area contributed by atoms with Gasteiger partial charge in [0, 0.05) is 13.1 Å². The summed E-state index contributed by atoms with van der Waals surface area (Å²) >= 11 is 0. The molecule has 1 aromatic heterocycles. The first-order chi connectivity index (χ1) is 10.2. The number of fused-ring (bicyclic) bond motifs is 1. The molecule has 1 amide bonds. The number of benzene rings is 1. The Morgan fingerprint density at radius 3 is 2.86 bits per heavy atom. The summed E-state index contributed by atoms with van der Waals surface area (Å²) in [5.74, 6) is 1.69.